The van der Waals surface area contributed by atoms with Gasteiger partial charge in [0.1, 0.15) is 0 Å². The van der Waals surface area contributed by atoms with Gasteiger partial charge in [-0.1, -0.05) is 17.7 Å². The van der Waals surface area contributed by atoms with Crippen LogP contribution in [0.1, 0.15) is 17.0 Å². The van der Waals surface area contributed by atoms with E-state index in [-0.39, 0.29) is 12.5 Å². The summed E-state index contributed by atoms with van der Waals surface area (Å²) < 4.78 is 0. The van der Waals surface area contributed by atoms with Gasteiger partial charge in [0.2, 0.25) is 5.91 Å². The van der Waals surface area contributed by atoms with Crippen molar-refractivity contribution >= 4 is 23.2 Å². The van der Waals surface area contributed by atoms with Crippen molar-refractivity contribution in [2.75, 3.05) is 11.9 Å². The predicted molar refractivity (Wildman–Crippen MR) is 83.3 cm³/mol. The van der Waals surface area contributed by atoms with E-state index in [1.54, 1.807) is 24.5 Å². The minimum atomic E-state index is -0.125. The second kappa shape index (κ2) is 7.15. The fraction of sp³-hybridized carbons (Fsp3) is 0.267. The second-order valence-corrected chi connectivity index (χ2v) is 5.20. The molecule has 0 aliphatic carbocycles. The van der Waals surface area contributed by atoms with E-state index in [1.807, 2.05) is 19.9 Å². The maximum atomic E-state index is 11.9. The number of benzene rings is 1. The molecule has 0 aliphatic heterocycles. The largest absolute Gasteiger partial charge is 0.325 e. The van der Waals surface area contributed by atoms with Gasteiger partial charge in [-0.2, -0.15) is 0 Å². The Bertz CT molecular complexity index is 628. The van der Waals surface area contributed by atoms with Crippen LogP contribution in [0.15, 0.2) is 30.6 Å². The van der Waals surface area contributed by atoms with Gasteiger partial charge in [-0.15, -0.1) is 0 Å². The van der Waals surface area contributed by atoms with Crippen LogP contribution in [0.25, 0.3) is 0 Å². The summed E-state index contributed by atoms with van der Waals surface area (Å²) >= 11 is 5.92. The highest BCUT2D eigenvalue weighted by Gasteiger charge is 2.05. The van der Waals surface area contributed by atoms with Gasteiger partial charge < -0.3 is 10.6 Å². The van der Waals surface area contributed by atoms with Crippen molar-refractivity contribution in [3.63, 3.8) is 0 Å². The summed E-state index contributed by atoms with van der Waals surface area (Å²) in [7, 11) is 0. The predicted octanol–water partition coefficient (Wildman–Crippen LogP) is 2.48. The van der Waals surface area contributed by atoms with Crippen molar-refractivity contribution in [3.8, 4) is 0 Å². The first-order valence-electron chi connectivity index (χ1n) is 6.59. The van der Waals surface area contributed by atoms with Gasteiger partial charge in [-0.3, -0.25) is 14.8 Å². The second-order valence-electron chi connectivity index (χ2n) is 4.76. The third-order valence-electron chi connectivity index (χ3n) is 2.90. The van der Waals surface area contributed by atoms with E-state index in [4.69, 9.17) is 11.6 Å². The Morgan fingerprint density at radius 3 is 2.76 bits per heavy atom. The quantitative estimate of drug-likeness (QED) is 0.890. The molecule has 21 heavy (non-hydrogen) atoms. The van der Waals surface area contributed by atoms with Gasteiger partial charge >= 0.3 is 0 Å². The molecule has 0 aliphatic rings. The number of aromatic nitrogens is 2. The zero-order chi connectivity index (χ0) is 15.2. The summed E-state index contributed by atoms with van der Waals surface area (Å²) in [5, 5.41) is 6.45. The molecule has 0 saturated heterocycles. The highest BCUT2D eigenvalue weighted by atomic mass is 35.5. The highest BCUT2D eigenvalue weighted by molar-refractivity contribution is 6.31. The van der Waals surface area contributed by atoms with E-state index in [9.17, 15) is 4.79 Å². The lowest BCUT2D eigenvalue weighted by atomic mass is 10.2. The number of hydrogen-bond acceptors (Lipinski definition) is 4. The molecule has 5 nitrogen and oxygen atoms in total. The zero-order valence-electron chi connectivity index (χ0n) is 12.0. The van der Waals surface area contributed by atoms with E-state index in [0.29, 0.717) is 11.6 Å². The van der Waals surface area contributed by atoms with Crippen LogP contribution in [0.2, 0.25) is 5.02 Å². The minimum absolute atomic E-state index is 0.125. The van der Waals surface area contributed by atoms with E-state index in [0.717, 1.165) is 22.6 Å². The maximum Gasteiger partial charge on any atom is 0.238 e. The molecule has 1 aromatic heterocycles. The molecule has 2 N–H and O–H groups in total. The van der Waals surface area contributed by atoms with Crippen LogP contribution in [-0.2, 0) is 11.3 Å². The Balaban J connectivity index is 1.82. The molecule has 110 valence electrons. The summed E-state index contributed by atoms with van der Waals surface area (Å²) in [5.74, 6) is -0.125. The zero-order valence-corrected chi connectivity index (χ0v) is 12.7. The molecule has 0 fully saturated rings. The topological polar surface area (TPSA) is 66.9 Å². The first-order valence-corrected chi connectivity index (χ1v) is 6.96. The van der Waals surface area contributed by atoms with Gasteiger partial charge in [0.05, 0.1) is 17.9 Å². The molecule has 0 radical (unpaired) electrons. The Kier molecular flexibility index (Phi) is 5.25. The van der Waals surface area contributed by atoms with Gasteiger partial charge in [0, 0.05) is 29.6 Å². The first-order chi connectivity index (χ1) is 10.0. The summed E-state index contributed by atoms with van der Waals surface area (Å²) in [6, 6.07) is 5.40. The van der Waals surface area contributed by atoms with Crippen molar-refractivity contribution in [2.24, 2.45) is 0 Å². The number of rotatable bonds is 5. The minimum Gasteiger partial charge on any atom is -0.325 e. The molecule has 1 heterocycles. The van der Waals surface area contributed by atoms with E-state index in [2.05, 4.69) is 20.6 Å². The van der Waals surface area contributed by atoms with Crippen LogP contribution >= 0.6 is 11.6 Å². The van der Waals surface area contributed by atoms with Crippen molar-refractivity contribution in [3.05, 3.63) is 52.6 Å². The van der Waals surface area contributed by atoms with Crippen LogP contribution in [0, 0.1) is 13.8 Å². The third kappa shape index (κ3) is 4.81. The Hall–Kier alpha value is -1.98. The molecule has 0 spiro atoms. The Morgan fingerprint density at radius 1 is 1.24 bits per heavy atom. The molecule has 1 aromatic carbocycles. The molecule has 0 atom stereocenters. The van der Waals surface area contributed by atoms with Crippen molar-refractivity contribution in [2.45, 2.75) is 20.4 Å². The van der Waals surface area contributed by atoms with Gasteiger partial charge in [0.25, 0.3) is 0 Å². The number of aryl methyl sites for hydroxylation is 2. The van der Waals surface area contributed by atoms with Crippen molar-refractivity contribution in [1.82, 2.24) is 15.3 Å². The summed E-state index contributed by atoms with van der Waals surface area (Å²) in [6.07, 6.45) is 3.40. The van der Waals surface area contributed by atoms with Crippen LogP contribution in [0.5, 0.6) is 0 Å². The van der Waals surface area contributed by atoms with Crippen LogP contribution < -0.4 is 10.6 Å². The monoisotopic (exact) mass is 304 g/mol. The molecule has 0 unspecified atom stereocenters. The highest BCUT2D eigenvalue weighted by Crippen LogP contribution is 2.19. The van der Waals surface area contributed by atoms with E-state index < -0.39 is 0 Å². The maximum absolute atomic E-state index is 11.9. The van der Waals surface area contributed by atoms with Crippen LogP contribution in [0.3, 0.4) is 0 Å². The number of amides is 1. The normalized spacial score (nSPS) is 10.4. The average molecular weight is 305 g/mol. The summed E-state index contributed by atoms with van der Waals surface area (Å²) in [4.78, 5) is 20.2. The SMILES string of the molecule is Cc1cnc(CNCC(=O)Nc2cc(Cl)ccc2C)cn1. The fourth-order valence-electron chi connectivity index (χ4n) is 1.74. The molecular formula is C15H17ClN4O. The summed E-state index contributed by atoms with van der Waals surface area (Å²) in [5.41, 5.74) is 3.36. The van der Waals surface area contributed by atoms with Crippen molar-refractivity contribution < 1.29 is 4.79 Å². The fourth-order valence-corrected chi connectivity index (χ4v) is 1.91. The molecule has 0 saturated carbocycles. The number of halogens is 1. The van der Waals surface area contributed by atoms with Gasteiger partial charge in [-0.05, 0) is 31.5 Å². The Labute approximate surface area is 128 Å². The molecule has 6 heteroatoms. The first kappa shape index (κ1) is 15.4. The van der Waals surface area contributed by atoms with E-state index >= 15 is 0 Å². The van der Waals surface area contributed by atoms with Crippen LogP contribution in [-0.4, -0.2) is 22.4 Å². The molecule has 2 rings (SSSR count). The smallest absolute Gasteiger partial charge is 0.238 e. The molecular weight excluding hydrogens is 288 g/mol. The number of carbonyl (C=O) groups excluding carboxylic acids is 1. The number of nitrogens with zero attached hydrogens (tertiary/aromatic N) is 2. The number of nitrogens with one attached hydrogen (secondary N) is 2. The van der Waals surface area contributed by atoms with Crippen molar-refractivity contribution in [1.29, 1.82) is 0 Å². The lowest BCUT2D eigenvalue weighted by molar-refractivity contribution is -0.115. The lowest BCUT2D eigenvalue weighted by Gasteiger charge is -2.09. The average Bonchev–Trinajstić information content (AvgIpc) is 2.45. The number of anilines is 1. The molecule has 2 aromatic rings. The lowest BCUT2D eigenvalue weighted by Crippen LogP contribution is -2.28. The Morgan fingerprint density at radius 2 is 2.05 bits per heavy atom. The molecule has 0 bridgehead atoms. The van der Waals surface area contributed by atoms with Gasteiger partial charge in [-0.25, -0.2) is 0 Å². The standard InChI is InChI=1S/C15H17ClN4O/c1-10-3-4-12(16)5-14(10)20-15(21)9-17-7-13-8-18-11(2)6-19-13/h3-6,8,17H,7,9H2,1-2H3,(H,20,21). The van der Waals surface area contributed by atoms with Gasteiger partial charge in [0.15, 0.2) is 0 Å². The third-order valence-corrected chi connectivity index (χ3v) is 3.13. The molecule has 1 amide bonds. The van der Waals surface area contributed by atoms with Crippen LogP contribution in [0.4, 0.5) is 5.69 Å². The number of hydrogen-bond donors (Lipinski definition) is 2. The summed E-state index contributed by atoms with van der Waals surface area (Å²) in [6.45, 7) is 4.49. The number of carbonyl (C=O) groups is 1. The van der Waals surface area contributed by atoms with E-state index in [1.165, 1.54) is 0 Å².